The SMILES string of the molecule is NCCCc1nnc(NC(=O)C2CC2)s1. The van der Waals surface area contributed by atoms with E-state index in [0.717, 1.165) is 30.7 Å². The normalized spacial score (nSPS) is 15.3. The molecule has 1 aliphatic carbocycles. The molecule has 0 unspecified atom stereocenters. The molecule has 1 saturated carbocycles. The summed E-state index contributed by atoms with van der Waals surface area (Å²) in [6.45, 7) is 0.656. The van der Waals surface area contributed by atoms with Crippen molar-refractivity contribution < 1.29 is 4.79 Å². The van der Waals surface area contributed by atoms with Crippen molar-refractivity contribution in [2.45, 2.75) is 25.7 Å². The third kappa shape index (κ3) is 2.97. The quantitative estimate of drug-likeness (QED) is 0.777. The van der Waals surface area contributed by atoms with Gasteiger partial charge in [-0.3, -0.25) is 4.79 Å². The van der Waals surface area contributed by atoms with Gasteiger partial charge < -0.3 is 11.1 Å². The number of nitrogens with one attached hydrogen (secondary N) is 1. The van der Waals surface area contributed by atoms with E-state index in [4.69, 9.17) is 5.73 Å². The monoisotopic (exact) mass is 226 g/mol. The molecule has 0 radical (unpaired) electrons. The molecule has 0 aromatic carbocycles. The molecule has 5 nitrogen and oxygen atoms in total. The van der Waals surface area contributed by atoms with Crippen LogP contribution >= 0.6 is 11.3 Å². The number of carbonyl (C=O) groups is 1. The van der Waals surface area contributed by atoms with Crippen molar-refractivity contribution in [1.82, 2.24) is 10.2 Å². The molecule has 1 fully saturated rings. The summed E-state index contributed by atoms with van der Waals surface area (Å²) in [6, 6.07) is 0. The minimum absolute atomic E-state index is 0.0801. The van der Waals surface area contributed by atoms with E-state index >= 15 is 0 Å². The van der Waals surface area contributed by atoms with E-state index in [2.05, 4.69) is 15.5 Å². The number of aromatic nitrogens is 2. The van der Waals surface area contributed by atoms with Gasteiger partial charge in [0.2, 0.25) is 11.0 Å². The summed E-state index contributed by atoms with van der Waals surface area (Å²) in [5, 5.41) is 12.2. The number of rotatable bonds is 5. The lowest BCUT2D eigenvalue weighted by atomic mass is 10.3. The van der Waals surface area contributed by atoms with Crippen molar-refractivity contribution in [3.63, 3.8) is 0 Å². The average Bonchev–Trinajstić information content (AvgIpc) is 2.99. The highest BCUT2D eigenvalue weighted by Crippen LogP contribution is 2.30. The lowest BCUT2D eigenvalue weighted by Crippen LogP contribution is -2.12. The molecule has 0 aliphatic heterocycles. The van der Waals surface area contributed by atoms with Crippen LogP contribution in [0.15, 0.2) is 0 Å². The van der Waals surface area contributed by atoms with E-state index in [1.54, 1.807) is 0 Å². The third-order valence-electron chi connectivity index (χ3n) is 2.24. The predicted octanol–water partition coefficient (Wildman–Crippen LogP) is 0.778. The molecule has 0 atom stereocenters. The second kappa shape index (κ2) is 4.67. The van der Waals surface area contributed by atoms with Gasteiger partial charge in [0, 0.05) is 12.3 Å². The largest absolute Gasteiger partial charge is 0.330 e. The molecule has 3 N–H and O–H groups in total. The van der Waals surface area contributed by atoms with Crippen molar-refractivity contribution >= 4 is 22.4 Å². The molecule has 1 heterocycles. The van der Waals surface area contributed by atoms with E-state index in [-0.39, 0.29) is 11.8 Å². The van der Waals surface area contributed by atoms with Crippen LogP contribution in [0.3, 0.4) is 0 Å². The van der Waals surface area contributed by atoms with Crippen LogP contribution in [0.1, 0.15) is 24.3 Å². The van der Waals surface area contributed by atoms with E-state index < -0.39 is 0 Å². The van der Waals surface area contributed by atoms with E-state index in [0.29, 0.717) is 11.7 Å². The minimum Gasteiger partial charge on any atom is -0.330 e. The molecular formula is C9H14N4OS. The molecular weight excluding hydrogens is 212 g/mol. The number of anilines is 1. The number of carbonyl (C=O) groups excluding carboxylic acids is 1. The summed E-state index contributed by atoms with van der Waals surface area (Å²) < 4.78 is 0. The van der Waals surface area contributed by atoms with Gasteiger partial charge >= 0.3 is 0 Å². The Kier molecular flexibility index (Phi) is 3.27. The van der Waals surface area contributed by atoms with Gasteiger partial charge in [-0.05, 0) is 25.8 Å². The minimum atomic E-state index is 0.0801. The van der Waals surface area contributed by atoms with Crippen molar-refractivity contribution in [1.29, 1.82) is 0 Å². The first-order chi connectivity index (χ1) is 7.29. The zero-order valence-electron chi connectivity index (χ0n) is 8.40. The number of nitrogens with zero attached hydrogens (tertiary/aromatic N) is 2. The van der Waals surface area contributed by atoms with Crippen LogP contribution in [0.25, 0.3) is 0 Å². The second-order valence-corrected chi connectivity index (χ2v) is 4.72. The Morgan fingerprint density at radius 3 is 3.00 bits per heavy atom. The van der Waals surface area contributed by atoms with Crippen molar-refractivity contribution in [3.8, 4) is 0 Å². The zero-order chi connectivity index (χ0) is 10.7. The smallest absolute Gasteiger partial charge is 0.229 e. The maximum Gasteiger partial charge on any atom is 0.229 e. The molecule has 6 heteroatoms. The molecule has 15 heavy (non-hydrogen) atoms. The van der Waals surface area contributed by atoms with Crippen molar-refractivity contribution in [2.24, 2.45) is 11.7 Å². The van der Waals surface area contributed by atoms with E-state index in [9.17, 15) is 4.79 Å². The van der Waals surface area contributed by atoms with Crippen molar-refractivity contribution in [2.75, 3.05) is 11.9 Å². The van der Waals surface area contributed by atoms with Crippen LogP contribution in [0.2, 0.25) is 0 Å². The molecule has 1 aliphatic rings. The Labute approximate surface area is 92.1 Å². The first-order valence-corrected chi connectivity index (χ1v) is 5.94. The molecule has 0 spiro atoms. The second-order valence-electron chi connectivity index (χ2n) is 3.66. The van der Waals surface area contributed by atoms with Crippen LogP contribution in [0, 0.1) is 5.92 Å². The van der Waals surface area contributed by atoms with Crippen molar-refractivity contribution in [3.05, 3.63) is 5.01 Å². The molecule has 1 aromatic rings. The Hall–Kier alpha value is -1.01. The van der Waals surface area contributed by atoms with Gasteiger partial charge in [0.1, 0.15) is 5.01 Å². The number of aryl methyl sites for hydroxylation is 1. The maximum absolute atomic E-state index is 11.4. The lowest BCUT2D eigenvalue weighted by Gasteiger charge is -1.96. The fourth-order valence-electron chi connectivity index (χ4n) is 1.21. The number of amides is 1. The standard InChI is InChI=1S/C9H14N4OS/c10-5-1-2-7-12-13-9(15-7)11-8(14)6-3-4-6/h6H,1-5,10H2,(H,11,13,14). The van der Waals surface area contributed by atoms with Gasteiger partial charge in [0.05, 0.1) is 0 Å². The Bertz CT molecular complexity index is 348. The summed E-state index contributed by atoms with van der Waals surface area (Å²) in [6.07, 6.45) is 3.76. The molecule has 0 saturated heterocycles. The molecule has 1 aromatic heterocycles. The van der Waals surface area contributed by atoms with Crippen LogP contribution in [-0.2, 0) is 11.2 Å². The highest BCUT2D eigenvalue weighted by atomic mass is 32.1. The Morgan fingerprint density at radius 1 is 1.53 bits per heavy atom. The predicted molar refractivity (Wildman–Crippen MR) is 58.6 cm³/mol. The van der Waals surface area contributed by atoms with E-state index in [1.807, 2.05) is 0 Å². The first-order valence-electron chi connectivity index (χ1n) is 5.13. The molecule has 0 bridgehead atoms. The fourth-order valence-corrected chi connectivity index (χ4v) is 2.00. The van der Waals surface area contributed by atoms with Gasteiger partial charge in [-0.2, -0.15) is 0 Å². The van der Waals surface area contributed by atoms with Crippen LogP contribution in [0.4, 0.5) is 5.13 Å². The third-order valence-corrected chi connectivity index (χ3v) is 3.14. The van der Waals surface area contributed by atoms with Gasteiger partial charge in [0.15, 0.2) is 0 Å². The molecule has 2 rings (SSSR count). The topological polar surface area (TPSA) is 80.9 Å². The van der Waals surface area contributed by atoms with Gasteiger partial charge in [-0.15, -0.1) is 10.2 Å². The molecule has 82 valence electrons. The van der Waals surface area contributed by atoms with Gasteiger partial charge in [-0.25, -0.2) is 0 Å². The summed E-state index contributed by atoms with van der Waals surface area (Å²) in [5.74, 6) is 0.290. The first kappa shape index (κ1) is 10.5. The summed E-state index contributed by atoms with van der Waals surface area (Å²) in [5.41, 5.74) is 5.40. The average molecular weight is 226 g/mol. The zero-order valence-corrected chi connectivity index (χ0v) is 9.22. The van der Waals surface area contributed by atoms with Crippen LogP contribution in [-0.4, -0.2) is 22.6 Å². The van der Waals surface area contributed by atoms with Crippen LogP contribution in [0.5, 0.6) is 0 Å². The number of hydrogen-bond acceptors (Lipinski definition) is 5. The summed E-state index contributed by atoms with van der Waals surface area (Å²) in [7, 11) is 0. The lowest BCUT2D eigenvalue weighted by molar-refractivity contribution is -0.117. The molecule has 1 amide bonds. The Morgan fingerprint density at radius 2 is 2.33 bits per heavy atom. The highest BCUT2D eigenvalue weighted by molar-refractivity contribution is 7.15. The maximum atomic E-state index is 11.4. The van der Waals surface area contributed by atoms with Crippen LogP contribution < -0.4 is 11.1 Å². The number of nitrogens with two attached hydrogens (primary N) is 1. The fraction of sp³-hybridized carbons (Fsp3) is 0.667. The summed E-state index contributed by atoms with van der Waals surface area (Å²) in [4.78, 5) is 11.4. The highest BCUT2D eigenvalue weighted by Gasteiger charge is 2.30. The van der Waals surface area contributed by atoms with Gasteiger partial charge in [-0.1, -0.05) is 11.3 Å². The summed E-state index contributed by atoms with van der Waals surface area (Å²) >= 11 is 1.44. The Balaban J connectivity index is 1.85. The van der Waals surface area contributed by atoms with Gasteiger partial charge in [0.25, 0.3) is 0 Å². The number of hydrogen-bond donors (Lipinski definition) is 2. The van der Waals surface area contributed by atoms with E-state index in [1.165, 1.54) is 11.3 Å².